The molecule has 4 rings (SSSR count). The number of fused-ring (bicyclic) bond motifs is 1. The smallest absolute Gasteiger partial charge is 0.319 e. The molecule has 0 bridgehead atoms. The molecule has 0 atom stereocenters. The molecule has 1 aromatic heterocycles. The van der Waals surface area contributed by atoms with Crippen molar-refractivity contribution in [2.24, 2.45) is 0 Å². The Morgan fingerprint density at radius 2 is 1.72 bits per heavy atom. The van der Waals surface area contributed by atoms with Gasteiger partial charge in [-0.2, -0.15) is 4.39 Å². The minimum Gasteiger partial charge on any atom is -0.497 e. The molecule has 0 aliphatic rings. The first-order chi connectivity index (χ1) is 15.3. The summed E-state index contributed by atoms with van der Waals surface area (Å²) >= 11 is 0. The number of nitro groups is 2. The summed E-state index contributed by atoms with van der Waals surface area (Å²) in [6.45, 7) is 0. The number of benzene rings is 3. The lowest BCUT2D eigenvalue weighted by Gasteiger charge is -2.09. The van der Waals surface area contributed by atoms with Crippen LogP contribution in [-0.4, -0.2) is 21.9 Å². The van der Waals surface area contributed by atoms with Crippen LogP contribution in [0.5, 0.6) is 5.75 Å². The highest BCUT2D eigenvalue weighted by molar-refractivity contribution is 5.88. The summed E-state index contributed by atoms with van der Waals surface area (Å²) in [4.78, 5) is 36.3. The fourth-order valence-corrected chi connectivity index (χ4v) is 3.47. The number of aromatic amines is 1. The van der Waals surface area contributed by atoms with Gasteiger partial charge in [0, 0.05) is 34.3 Å². The third-order valence-electron chi connectivity index (χ3n) is 5.00. The molecule has 4 aromatic rings. The van der Waals surface area contributed by atoms with Crippen LogP contribution in [0, 0.1) is 26.0 Å². The Balaban J connectivity index is 1.88. The Bertz CT molecular complexity index is 1460. The Kier molecular flexibility index (Phi) is 5.11. The molecule has 0 amide bonds. The Morgan fingerprint density at radius 3 is 2.41 bits per heavy atom. The van der Waals surface area contributed by atoms with Gasteiger partial charge in [-0.25, -0.2) is 0 Å². The van der Waals surface area contributed by atoms with Crippen LogP contribution in [0.1, 0.15) is 0 Å². The number of halogens is 1. The Hall–Kier alpha value is -4.60. The third kappa shape index (κ3) is 3.54. The van der Waals surface area contributed by atoms with Crippen LogP contribution in [0.2, 0.25) is 0 Å². The zero-order valence-electron chi connectivity index (χ0n) is 16.5. The summed E-state index contributed by atoms with van der Waals surface area (Å²) in [6, 6.07) is 14.8. The van der Waals surface area contributed by atoms with E-state index in [9.17, 15) is 29.4 Å². The van der Waals surface area contributed by atoms with E-state index in [1.165, 1.54) is 25.3 Å². The van der Waals surface area contributed by atoms with Gasteiger partial charge in [0.2, 0.25) is 0 Å². The fourth-order valence-electron chi connectivity index (χ4n) is 3.47. The minimum absolute atomic E-state index is 0.170. The molecule has 3 aromatic carbocycles. The van der Waals surface area contributed by atoms with E-state index in [2.05, 4.69) is 4.98 Å². The van der Waals surface area contributed by atoms with Crippen LogP contribution in [0.4, 0.5) is 15.8 Å². The number of nitro benzene ring substituents is 2. The minimum atomic E-state index is -1.54. The molecule has 0 radical (unpaired) electrons. The summed E-state index contributed by atoms with van der Waals surface area (Å²) in [7, 11) is 1.53. The topological polar surface area (TPSA) is 128 Å². The van der Waals surface area contributed by atoms with Crippen LogP contribution >= 0.6 is 0 Å². The molecular weight excluding hydrogens is 421 g/mol. The molecule has 9 nitrogen and oxygen atoms in total. The average molecular weight is 435 g/mol. The summed E-state index contributed by atoms with van der Waals surface area (Å²) in [5.41, 5.74) is -0.645. The average Bonchev–Trinajstić information content (AvgIpc) is 2.78. The lowest BCUT2D eigenvalue weighted by atomic mass is 10.00. The molecule has 32 heavy (non-hydrogen) atoms. The van der Waals surface area contributed by atoms with E-state index in [-0.39, 0.29) is 21.9 Å². The summed E-state index contributed by atoms with van der Waals surface area (Å²) < 4.78 is 19.7. The second-order valence-corrected chi connectivity index (χ2v) is 6.85. The van der Waals surface area contributed by atoms with Gasteiger partial charge in [-0.05, 0) is 35.9 Å². The molecule has 0 aliphatic carbocycles. The first kappa shape index (κ1) is 20.7. The van der Waals surface area contributed by atoms with Crippen LogP contribution in [0.3, 0.4) is 0 Å². The van der Waals surface area contributed by atoms with Crippen molar-refractivity contribution in [1.82, 2.24) is 4.98 Å². The highest BCUT2D eigenvalue weighted by Crippen LogP contribution is 2.37. The Morgan fingerprint density at radius 1 is 0.938 bits per heavy atom. The molecule has 0 saturated carbocycles. The van der Waals surface area contributed by atoms with Crippen molar-refractivity contribution < 1.29 is 19.0 Å². The van der Waals surface area contributed by atoms with Gasteiger partial charge in [0.1, 0.15) is 5.75 Å². The van der Waals surface area contributed by atoms with Crippen molar-refractivity contribution in [3.63, 3.8) is 0 Å². The van der Waals surface area contributed by atoms with Gasteiger partial charge in [-0.15, -0.1) is 0 Å². The maximum atomic E-state index is 14.5. The van der Waals surface area contributed by atoms with Crippen molar-refractivity contribution in [2.75, 3.05) is 7.11 Å². The second-order valence-electron chi connectivity index (χ2n) is 6.85. The number of H-pyrrole nitrogens is 1. The van der Waals surface area contributed by atoms with Gasteiger partial charge < -0.3 is 9.72 Å². The van der Waals surface area contributed by atoms with Gasteiger partial charge in [-0.1, -0.05) is 18.2 Å². The molecule has 160 valence electrons. The van der Waals surface area contributed by atoms with E-state index in [4.69, 9.17) is 4.74 Å². The summed E-state index contributed by atoms with van der Waals surface area (Å²) in [6.07, 6.45) is 0. The first-order valence-corrected chi connectivity index (χ1v) is 9.23. The number of nitrogens with one attached hydrogen (secondary N) is 1. The van der Waals surface area contributed by atoms with Crippen LogP contribution in [0.25, 0.3) is 33.3 Å². The van der Waals surface area contributed by atoms with E-state index in [0.29, 0.717) is 17.0 Å². The summed E-state index contributed by atoms with van der Waals surface area (Å²) in [5.74, 6) is -0.925. The van der Waals surface area contributed by atoms with Crippen molar-refractivity contribution in [2.45, 2.75) is 0 Å². The number of hydrogen-bond donors (Lipinski definition) is 1. The number of pyridine rings is 1. The lowest BCUT2D eigenvalue weighted by molar-refractivity contribution is -0.398. The van der Waals surface area contributed by atoms with Crippen molar-refractivity contribution in [3.8, 4) is 28.1 Å². The van der Waals surface area contributed by atoms with E-state index in [1.54, 1.807) is 30.3 Å². The fraction of sp³-hybridized carbons (Fsp3) is 0.0455. The molecule has 1 N–H and O–H groups in total. The van der Waals surface area contributed by atoms with Crippen LogP contribution in [-0.2, 0) is 0 Å². The highest BCUT2D eigenvalue weighted by atomic mass is 19.1. The third-order valence-corrected chi connectivity index (χ3v) is 5.00. The molecule has 1 heterocycles. The monoisotopic (exact) mass is 435 g/mol. The standard InChI is InChI=1S/C22H14FN3O6/c1-32-14-4-2-3-13(9-14)18-11-20(27)16-10-12(5-7-17(16)24-18)15-6-8-19(25(28)29)21(23)22(15)26(30)31/h2-11H,1H3,(H,24,27). The van der Waals surface area contributed by atoms with Gasteiger partial charge >= 0.3 is 11.4 Å². The summed E-state index contributed by atoms with van der Waals surface area (Å²) in [5, 5.41) is 22.6. The molecule has 0 spiro atoms. The zero-order valence-corrected chi connectivity index (χ0v) is 16.5. The number of hydrogen-bond acceptors (Lipinski definition) is 6. The van der Waals surface area contributed by atoms with Gasteiger partial charge in [0.05, 0.1) is 22.5 Å². The number of methoxy groups -OCH3 is 1. The molecule has 0 fully saturated rings. The SMILES string of the molecule is COc1cccc(-c2cc(=O)c3cc(-c4ccc([N+](=O)[O-])c(F)c4[N+](=O)[O-])ccc3[nH]2)c1. The van der Waals surface area contributed by atoms with E-state index >= 15 is 0 Å². The molecule has 0 unspecified atom stereocenters. The number of ether oxygens (including phenoxy) is 1. The van der Waals surface area contributed by atoms with Crippen molar-refractivity contribution >= 4 is 22.3 Å². The van der Waals surface area contributed by atoms with Crippen LogP contribution in [0.15, 0.2) is 65.5 Å². The maximum absolute atomic E-state index is 14.5. The van der Waals surface area contributed by atoms with E-state index < -0.39 is 27.0 Å². The number of nitrogens with zero attached hydrogens (tertiary/aromatic N) is 2. The predicted octanol–water partition coefficient (Wildman–Crippen LogP) is 4.83. The first-order valence-electron chi connectivity index (χ1n) is 9.23. The molecule has 10 heteroatoms. The predicted molar refractivity (Wildman–Crippen MR) is 115 cm³/mol. The second kappa shape index (κ2) is 7.91. The number of aromatic nitrogens is 1. The maximum Gasteiger partial charge on any atom is 0.319 e. The van der Waals surface area contributed by atoms with E-state index in [0.717, 1.165) is 17.7 Å². The van der Waals surface area contributed by atoms with Gasteiger partial charge in [-0.3, -0.25) is 25.0 Å². The quantitative estimate of drug-likeness (QED) is 0.353. The van der Waals surface area contributed by atoms with Crippen molar-refractivity contribution in [3.05, 3.63) is 96.9 Å². The van der Waals surface area contributed by atoms with E-state index in [1.807, 2.05) is 0 Å². The highest BCUT2D eigenvalue weighted by Gasteiger charge is 2.30. The Labute approximate surface area is 179 Å². The normalized spacial score (nSPS) is 10.8. The van der Waals surface area contributed by atoms with Crippen LogP contribution < -0.4 is 10.2 Å². The molecule has 0 aliphatic heterocycles. The largest absolute Gasteiger partial charge is 0.497 e. The lowest BCUT2D eigenvalue weighted by Crippen LogP contribution is -2.04. The van der Waals surface area contributed by atoms with Gasteiger partial charge in [0.25, 0.3) is 5.82 Å². The molecular formula is C22H14FN3O6. The van der Waals surface area contributed by atoms with Crippen molar-refractivity contribution in [1.29, 1.82) is 0 Å². The molecule has 0 saturated heterocycles. The van der Waals surface area contributed by atoms with Gasteiger partial charge in [0.15, 0.2) is 5.43 Å². The zero-order chi connectivity index (χ0) is 23.0. The number of rotatable bonds is 5.